The third kappa shape index (κ3) is 6.03. The van der Waals surface area contributed by atoms with Gasteiger partial charge in [0.2, 0.25) is 5.91 Å². The van der Waals surface area contributed by atoms with Crippen molar-refractivity contribution in [2.45, 2.75) is 18.9 Å². The number of carboxylic acids is 1. The standard InChI is InChI=1S/C9H18N2O4/c1-9(15,8(13)14)6-10-7(12)4-5-11(2)3/h15H,4-6H2,1-3H3,(H,10,12)(H,13,14). The van der Waals surface area contributed by atoms with Gasteiger partial charge in [0, 0.05) is 13.0 Å². The van der Waals surface area contributed by atoms with Gasteiger partial charge in [-0.25, -0.2) is 4.79 Å². The average molecular weight is 218 g/mol. The van der Waals surface area contributed by atoms with Crippen LogP contribution in [0.2, 0.25) is 0 Å². The van der Waals surface area contributed by atoms with Crippen LogP contribution in [0.5, 0.6) is 0 Å². The van der Waals surface area contributed by atoms with Gasteiger partial charge in [-0.2, -0.15) is 0 Å². The van der Waals surface area contributed by atoms with E-state index in [1.165, 1.54) is 0 Å². The predicted molar refractivity (Wildman–Crippen MR) is 54.4 cm³/mol. The van der Waals surface area contributed by atoms with Crippen LogP contribution in [-0.2, 0) is 9.59 Å². The van der Waals surface area contributed by atoms with E-state index in [2.05, 4.69) is 5.32 Å². The molecule has 0 aromatic carbocycles. The third-order valence-electron chi connectivity index (χ3n) is 1.88. The fourth-order valence-corrected chi connectivity index (χ4v) is 0.760. The molecule has 0 aromatic rings. The highest BCUT2D eigenvalue weighted by molar-refractivity contribution is 5.80. The lowest BCUT2D eigenvalue weighted by molar-refractivity contribution is -0.156. The number of rotatable bonds is 6. The van der Waals surface area contributed by atoms with Gasteiger partial charge in [-0.3, -0.25) is 4.79 Å². The van der Waals surface area contributed by atoms with Crippen molar-refractivity contribution in [1.29, 1.82) is 0 Å². The number of aliphatic carboxylic acids is 1. The van der Waals surface area contributed by atoms with Gasteiger partial charge in [0.25, 0.3) is 0 Å². The van der Waals surface area contributed by atoms with Gasteiger partial charge in [-0.15, -0.1) is 0 Å². The molecule has 1 atom stereocenters. The normalized spacial score (nSPS) is 14.7. The minimum atomic E-state index is -1.91. The zero-order chi connectivity index (χ0) is 12.1. The van der Waals surface area contributed by atoms with Crippen molar-refractivity contribution in [3.8, 4) is 0 Å². The van der Waals surface area contributed by atoms with Gasteiger partial charge >= 0.3 is 5.97 Å². The highest BCUT2D eigenvalue weighted by Crippen LogP contribution is 2.00. The summed E-state index contributed by atoms with van der Waals surface area (Å²) in [6.45, 7) is 1.44. The van der Waals surface area contributed by atoms with Crippen molar-refractivity contribution in [3.63, 3.8) is 0 Å². The number of hydrogen-bond acceptors (Lipinski definition) is 4. The first-order valence-corrected chi connectivity index (χ1v) is 4.63. The van der Waals surface area contributed by atoms with E-state index in [1.54, 1.807) is 0 Å². The first kappa shape index (κ1) is 13.9. The fourth-order valence-electron chi connectivity index (χ4n) is 0.760. The first-order chi connectivity index (χ1) is 6.75. The lowest BCUT2D eigenvalue weighted by atomic mass is 10.1. The van der Waals surface area contributed by atoms with Gasteiger partial charge in [0.15, 0.2) is 5.60 Å². The Morgan fingerprint density at radius 2 is 1.93 bits per heavy atom. The Morgan fingerprint density at radius 3 is 2.33 bits per heavy atom. The second kappa shape index (κ2) is 5.67. The van der Waals surface area contributed by atoms with Crippen LogP contribution in [0.3, 0.4) is 0 Å². The van der Waals surface area contributed by atoms with Crippen LogP contribution in [0.15, 0.2) is 0 Å². The van der Waals surface area contributed by atoms with Gasteiger partial charge in [0.1, 0.15) is 0 Å². The molecule has 1 amide bonds. The van der Waals surface area contributed by atoms with E-state index in [1.807, 2.05) is 19.0 Å². The van der Waals surface area contributed by atoms with Crippen molar-refractivity contribution >= 4 is 11.9 Å². The maximum Gasteiger partial charge on any atom is 0.337 e. The second-order valence-electron chi connectivity index (χ2n) is 3.91. The molecular formula is C9H18N2O4. The molecule has 0 aromatic heterocycles. The number of nitrogens with zero attached hydrogens (tertiary/aromatic N) is 1. The fraction of sp³-hybridized carbons (Fsp3) is 0.778. The predicted octanol–water partition coefficient (Wildman–Crippen LogP) is -1.11. The van der Waals surface area contributed by atoms with Crippen LogP contribution < -0.4 is 5.32 Å². The second-order valence-corrected chi connectivity index (χ2v) is 3.91. The summed E-state index contributed by atoms with van der Waals surface area (Å²) in [5.74, 6) is -1.62. The van der Waals surface area contributed by atoms with Crippen LogP contribution in [0.4, 0.5) is 0 Å². The number of nitrogens with one attached hydrogen (secondary N) is 1. The Morgan fingerprint density at radius 1 is 1.40 bits per heavy atom. The molecule has 88 valence electrons. The van der Waals surface area contributed by atoms with Crippen LogP contribution in [0, 0.1) is 0 Å². The summed E-state index contributed by atoms with van der Waals surface area (Å²) in [5.41, 5.74) is -1.91. The first-order valence-electron chi connectivity index (χ1n) is 4.63. The molecule has 0 spiro atoms. The zero-order valence-electron chi connectivity index (χ0n) is 9.28. The monoisotopic (exact) mass is 218 g/mol. The number of carboxylic acid groups (broad SMARTS) is 1. The highest BCUT2D eigenvalue weighted by Gasteiger charge is 2.30. The van der Waals surface area contributed by atoms with E-state index >= 15 is 0 Å². The van der Waals surface area contributed by atoms with Gasteiger partial charge in [0.05, 0.1) is 6.54 Å². The van der Waals surface area contributed by atoms with E-state index in [0.717, 1.165) is 6.92 Å². The molecule has 0 aliphatic carbocycles. The Labute approximate surface area is 88.9 Å². The molecule has 3 N–H and O–H groups in total. The van der Waals surface area contributed by atoms with Crippen molar-refractivity contribution in [2.75, 3.05) is 27.2 Å². The van der Waals surface area contributed by atoms with E-state index in [9.17, 15) is 14.7 Å². The van der Waals surface area contributed by atoms with Crippen molar-refractivity contribution in [3.05, 3.63) is 0 Å². The summed E-state index contributed by atoms with van der Waals surface area (Å²) in [5, 5.41) is 20.2. The van der Waals surface area contributed by atoms with Gasteiger partial charge < -0.3 is 20.4 Å². The highest BCUT2D eigenvalue weighted by atomic mass is 16.4. The minimum absolute atomic E-state index is 0.273. The molecule has 0 heterocycles. The minimum Gasteiger partial charge on any atom is -0.479 e. The molecule has 0 aliphatic rings. The Balaban J connectivity index is 3.85. The Kier molecular flexibility index (Phi) is 5.24. The van der Waals surface area contributed by atoms with Crippen molar-refractivity contribution in [1.82, 2.24) is 10.2 Å². The largest absolute Gasteiger partial charge is 0.479 e. The molecule has 6 heteroatoms. The molecule has 0 fully saturated rings. The average Bonchev–Trinajstić information content (AvgIpc) is 2.11. The quantitative estimate of drug-likeness (QED) is 0.526. The molecule has 15 heavy (non-hydrogen) atoms. The number of amides is 1. The van der Waals surface area contributed by atoms with Crippen LogP contribution in [0.25, 0.3) is 0 Å². The van der Waals surface area contributed by atoms with Gasteiger partial charge in [-0.1, -0.05) is 0 Å². The van der Waals surface area contributed by atoms with Crippen LogP contribution in [0.1, 0.15) is 13.3 Å². The van der Waals surface area contributed by atoms with E-state index < -0.39 is 11.6 Å². The van der Waals surface area contributed by atoms with Crippen LogP contribution >= 0.6 is 0 Å². The molecule has 0 aliphatic heterocycles. The third-order valence-corrected chi connectivity index (χ3v) is 1.88. The number of carbonyl (C=O) groups excluding carboxylic acids is 1. The van der Waals surface area contributed by atoms with E-state index in [-0.39, 0.29) is 18.9 Å². The summed E-state index contributed by atoms with van der Waals surface area (Å²) in [6.07, 6.45) is 0.280. The lowest BCUT2D eigenvalue weighted by Gasteiger charge is -2.18. The SMILES string of the molecule is CN(C)CCC(=O)NCC(C)(O)C(=O)O. The van der Waals surface area contributed by atoms with Crippen molar-refractivity contribution < 1.29 is 19.8 Å². The molecular weight excluding hydrogens is 200 g/mol. The maximum atomic E-state index is 11.2. The summed E-state index contributed by atoms with van der Waals surface area (Å²) in [4.78, 5) is 23.5. The summed E-state index contributed by atoms with van der Waals surface area (Å²) >= 11 is 0. The van der Waals surface area contributed by atoms with E-state index in [4.69, 9.17) is 5.11 Å². The smallest absolute Gasteiger partial charge is 0.337 e. The maximum absolute atomic E-state index is 11.2. The lowest BCUT2D eigenvalue weighted by Crippen LogP contribution is -2.46. The summed E-state index contributed by atoms with van der Waals surface area (Å²) < 4.78 is 0. The Bertz CT molecular complexity index is 238. The summed E-state index contributed by atoms with van der Waals surface area (Å²) in [6, 6.07) is 0. The Hall–Kier alpha value is -1.14. The molecule has 1 unspecified atom stereocenters. The molecule has 0 bridgehead atoms. The molecule has 0 saturated heterocycles. The van der Waals surface area contributed by atoms with Gasteiger partial charge in [-0.05, 0) is 21.0 Å². The van der Waals surface area contributed by atoms with E-state index in [0.29, 0.717) is 6.54 Å². The number of aliphatic hydroxyl groups is 1. The van der Waals surface area contributed by atoms with Crippen LogP contribution in [-0.4, -0.2) is 59.8 Å². The van der Waals surface area contributed by atoms with Crippen molar-refractivity contribution in [2.24, 2.45) is 0 Å². The zero-order valence-corrected chi connectivity index (χ0v) is 9.28. The molecule has 0 rings (SSSR count). The topological polar surface area (TPSA) is 89.9 Å². The molecule has 0 radical (unpaired) electrons. The summed E-state index contributed by atoms with van der Waals surface area (Å²) in [7, 11) is 3.67. The molecule has 6 nitrogen and oxygen atoms in total. The number of carbonyl (C=O) groups is 2. The molecule has 0 saturated carbocycles. The number of hydrogen-bond donors (Lipinski definition) is 3.